The molecule has 0 heterocycles. The third-order valence-corrected chi connectivity index (χ3v) is 2.55. The minimum Gasteiger partial charge on any atom is -0.348 e. The quantitative estimate of drug-likeness (QED) is 0.876. The Balaban J connectivity index is 0.00000324. The Labute approximate surface area is 118 Å². The van der Waals surface area contributed by atoms with Gasteiger partial charge in [0.1, 0.15) is 11.6 Å². The summed E-state index contributed by atoms with van der Waals surface area (Å²) >= 11 is 0. The van der Waals surface area contributed by atoms with Gasteiger partial charge in [-0.1, -0.05) is 13.8 Å². The summed E-state index contributed by atoms with van der Waals surface area (Å²) in [5.41, 5.74) is 5.24. The van der Waals surface area contributed by atoms with Crippen LogP contribution in [-0.4, -0.2) is 18.5 Å². The van der Waals surface area contributed by atoms with Crippen LogP contribution in [0.5, 0.6) is 0 Å². The van der Waals surface area contributed by atoms with Crippen LogP contribution < -0.4 is 11.1 Å². The third-order valence-electron chi connectivity index (χ3n) is 2.55. The van der Waals surface area contributed by atoms with E-state index in [-0.39, 0.29) is 30.6 Å². The summed E-state index contributed by atoms with van der Waals surface area (Å²) in [6.07, 6.45) is 0.694. The number of hydrogen-bond donors (Lipinski definition) is 2. The van der Waals surface area contributed by atoms with Crippen LogP contribution in [0.1, 0.15) is 30.6 Å². The molecule has 1 amide bonds. The van der Waals surface area contributed by atoms with Crippen molar-refractivity contribution in [2.24, 2.45) is 11.7 Å². The molecule has 0 aliphatic rings. The Morgan fingerprint density at radius 3 is 2.53 bits per heavy atom. The lowest BCUT2D eigenvalue weighted by Crippen LogP contribution is -2.41. The normalized spacial score (nSPS) is 11.9. The molecule has 108 valence electrons. The second-order valence-electron chi connectivity index (χ2n) is 4.66. The number of benzene rings is 1. The molecule has 0 aliphatic carbocycles. The van der Waals surface area contributed by atoms with E-state index >= 15 is 0 Å². The zero-order valence-electron chi connectivity index (χ0n) is 11.0. The summed E-state index contributed by atoms with van der Waals surface area (Å²) in [4.78, 5) is 11.8. The van der Waals surface area contributed by atoms with E-state index in [1.807, 2.05) is 13.8 Å². The van der Waals surface area contributed by atoms with Gasteiger partial charge >= 0.3 is 0 Å². The van der Waals surface area contributed by atoms with Crippen LogP contribution in [0, 0.1) is 17.6 Å². The van der Waals surface area contributed by atoms with Crippen molar-refractivity contribution in [2.45, 2.75) is 26.3 Å². The van der Waals surface area contributed by atoms with Gasteiger partial charge in [-0.3, -0.25) is 4.79 Å². The average Bonchev–Trinajstić information content (AvgIpc) is 2.30. The molecule has 1 atom stereocenters. The van der Waals surface area contributed by atoms with Gasteiger partial charge in [-0.05, 0) is 30.5 Å². The number of hydrogen-bond acceptors (Lipinski definition) is 2. The molecule has 1 unspecified atom stereocenters. The molecular formula is C13H19ClF2N2O. The van der Waals surface area contributed by atoms with E-state index in [9.17, 15) is 13.6 Å². The van der Waals surface area contributed by atoms with Crippen LogP contribution in [0.4, 0.5) is 8.78 Å². The van der Waals surface area contributed by atoms with E-state index in [1.54, 1.807) is 0 Å². The van der Waals surface area contributed by atoms with E-state index in [2.05, 4.69) is 5.32 Å². The standard InChI is InChI=1S/C13H18F2N2O.ClH/c1-8(2)5-10(7-16)17-13(18)11-6-9(14)3-4-12(11)15;/h3-4,6,8,10H,5,7,16H2,1-2H3,(H,17,18);1H. The first-order chi connectivity index (χ1) is 8.43. The van der Waals surface area contributed by atoms with Crippen LogP contribution in [0.25, 0.3) is 0 Å². The molecule has 0 bridgehead atoms. The molecule has 1 rings (SSSR count). The molecule has 0 aliphatic heterocycles. The highest BCUT2D eigenvalue weighted by Gasteiger charge is 2.17. The zero-order chi connectivity index (χ0) is 13.7. The van der Waals surface area contributed by atoms with Crippen molar-refractivity contribution in [2.75, 3.05) is 6.54 Å². The maximum absolute atomic E-state index is 13.4. The molecule has 0 spiro atoms. The van der Waals surface area contributed by atoms with E-state index in [1.165, 1.54) is 0 Å². The minimum atomic E-state index is -0.741. The van der Waals surface area contributed by atoms with Crippen molar-refractivity contribution >= 4 is 18.3 Å². The average molecular weight is 293 g/mol. The first-order valence-electron chi connectivity index (χ1n) is 5.90. The van der Waals surface area contributed by atoms with Gasteiger partial charge in [0.15, 0.2) is 0 Å². The van der Waals surface area contributed by atoms with Crippen molar-refractivity contribution in [1.29, 1.82) is 0 Å². The van der Waals surface area contributed by atoms with Crippen molar-refractivity contribution in [1.82, 2.24) is 5.32 Å². The fourth-order valence-corrected chi connectivity index (χ4v) is 1.72. The zero-order valence-corrected chi connectivity index (χ0v) is 11.8. The molecule has 3 nitrogen and oxygen atoms in total. The summed E-state index contributed by atoms with van der Waals surface area (Å²) in [5, 5.41) is 2.61. The van der Waals surface area contributed by atoms with E-state index in [0.717, 1.165) is 18.2 Å². The monoisotopic (exact) mass is 292 g/mol. The highest BCUT2D eigenvalue weighted by Crippen LogP contribution is 2.11. The largest absolute Gasteiger partial charge is 0.348 e. The topological polar surface area (TPSA) is 55.1 Å². The lowest BCUT2D eigenvalue weighted by molar-refractivity contribution is 0.0929. The molecule has 6 heteroatoms. The van der Waals surface area contributed by atoms with E-state index in [4.69, 9.17) is 5.73 Å². The fraction of sp³-hybridized carbons (Fsp3) is 0.462. The Morgan fingerprint density at radius 1 is 1.37 bits per heavy atom. The van der Waals surface area contributed by atoms with Crippen molar-refractivity contribution < 1.29 is 13.6 Å². The number of nitrogens with one attached hydrogen (secondary N) is 1. The molecule has 0 aromatic heterocycles. The summed E-state index contributed by atoms with van der Waals surface area (Å²) in [6.45, 7) is 4.26. The van der Waals surface area contributed by atoms with Crippen molar-refractivity contribution in [3.05, 3.63) is 35.4 Å². The number of nitrogens with two attached hydrogens (primary N) is 1. The van der Waals surface area contributed by atoms with Gasteiger partial charge in [-0.2, -0.15) is 0 Å². The first-order valence-corrected chi connectivity index (χ1v) is 5.90. The maximum Gasteiger partial charge on any atom is 0.254 e. The summed E-state index contributed by atoms with van der Waals surface area (Å²) < 4.78 is 26.3. The third kappa shape index (κ3) is 5.53. The van der Waals surface area contributed by atoms with Gasteiger partial charge in [0, 0.05) is 12.6 Å². The summed E-state index contributed by atoms with van der Waals surface area (Å²) in [7, 11) is 0. The summed E-state index contributed by atoms with van der Waals surface area (Å²) in [5.74, 6) is -1.66. The number of carbonyl (C=O) groups excluding carboxylic acids is 1. The molecule has 3 N–H and O–H groups in total. The molecule has 19 heavy (non-hydrogen) atoms. The Kier molecular flexibility index (Phi) is 7.56. The Morgan fingerprint density at radius 2 is 2.00 bits per heavy atom. The molecule has 1 aromatic rings. The number of amides is 1. The second-order valence-corrected chi connectivity index (χ2v) is 4.66. The highest BCUT2D eigenvalue weighted by molar-refractivity contribution is 5.94. The van der Waals surface area contributed by atoms with Gasteiger partial charge < -0.3 is 11.1 Å². The molecular weight excluding hydrogens is 274 g/mol. The number of rotatable bonds is 5. The molecule has 0 radical (unpaired) electrons. The SMILES string of the molecule is CC(C)CC(CN)NC(=O)c1cc(F)ccc1F.Cl. The van der Waals surface area contributed by atoms with Gasteiger partial charge in [0.2, 0.25) is 0 Å². The van der Waals surface area contributed by atoms with Gasteiger partial charge in [0.05, 0.1) is 5.56 Å². The van der Waals surface area contributed by atoms with Crippen LogP contribution in [-0.2, 0) is 0 Å². The van der Waals surface area contributed by atoms with Crippen LogP contribution in [0.2, 0.25) is 0 Å². The van der Waals surface area contributed by atoms with Crippen LogP contribution >= 0.6 is 12.4 Å². The first kappa shape index (κ1) is 17.8. The highest BCUT2D eigenvalue weighted by atomic mass is 35.5. The van der Waals surface area contributed by atoms with E-state index in [0.29, 0.717) is 12.3 Å². The van der Waals surface area contributed by atoms with E-state index < -0.39 is 17.5 Å². The second kappa shape index (κ2) is 8.07. The number of carbonyl (C=O) groups is 1. The van der Waals surface area contributed by atoms with Crippen LogP contribution in [0.15, 0.2) is 18.2 Å². The molecule has 0 saturated heterocycles. The molecule has 1 aromatic carbocycles. The molecule has 0 fully saturated rings. The fourth-order valence-electron chi connectivity index (χ4n) is 1.72. The van der Waals surface area contributed by atoms with Crippen molar-refractivity contribution in [3.63, 3.8) is 0 Å². The maximum atomic E-state index is 13.4. The Hall–Kier alpha value is -1.20. The van der Waals surface area contributed by atoms with Crippen LogP contribution in [0.3, 0.4) is 0 Å². The smallest absolute Gasteiger partial charge is 0.254 e. The van der Waals surface area contributed by atoms with Gasteiger partial charge in [-0.15, -0.1) is 12.4 Å². The predicted octanol–water partition coefficient (Wildman–Crippen LogP) is 2.49. The summed E-state index contributed by atoms with van der Waals surface area (Å²) in [6, 6.07) is 2.55. The number of halogens is 3. The van der Waals surface area contributed by atoms with Gasteiger partial charge in [0.25, 0.3) is 5.91 Å². The lowest BCUT2D eigenvalue weighted by Gasteiger charge is -2.19. The Bertz CT molecular complexity index is 427. The van der Waals surface area contributed by atoms with Crippen molar-refractivity contribution in [3.8, 4) is 0 Å². The minimum absolute atomic E-state index is 0. The lowest BCUT2D eigenvalue weighted by atomic mass is 10.0. The predicted molar refractivity (Wildman–Crippen MR) is 73.4 cm³/mol. The molecule has 0 saturated carbocycles. The van der Waals surface area contributed by atoms with Gasteiger partial charge in [-0.25, -0.2) is 8.78 Å².